The summed E-state index contributed by atoms with van der Waals surface area (Å²) in [5.74, 6) is -1.01. The van der Waals surface area contributed by atoms with E-state index in [0.717, 1.165) is 11.8 Å². The number of anilines is 2. The number of aliphatic imine (C=N–C) groups is 1. The summed E-state index contributed by atoms with van der Waals surface area (Å²) < 4.78 is 19.5. The van der Waals surface area contributed by atoms with Crippen LogP contribution in [0.1, 0.15) is 18.9 Å². The summed E-state index contributed by atoms with van der Waals surface area (Å²) >= 11 is 5.78. The van der Waals surface area contributed by atoms with Crippen molar-refractivity contribution < 1.29 is 13.9 Å². The van der Waals surface area contributed by atoms with Crippen molar-refractivity contribution in [2.24, 2.45) is 10.7 Å². The molecule has 1 aromatic carbocycles. The van der Waals surface area contributed by atoms with Crippen LogP contribution in [0.5, 0.6) is 0 Å². The average Bonchev–Trinajstić information content (AvgIpc) is 2.58. The maximum Gasteiger partial charge on any atom is 0.221 e. The van der Waals surface area contributed by atoms with Gasteiger partial charge < -0.3 is 20.7 Å². The summed E-state index contributed by atoms with van der Waals surface area (Å²) in [6, 6.07) is 5.32. The number of methoxy groups -OCH3 is 1. The Kier molecular flexibility index (Phi) is 8.81. The van der Waals surface area contributed by atoms with Gasteiger partial charge in [-0.25, -0.2) is 9.38 Å². The molecule has 0 heterocycles. The third-order valence-corrected chi connectivity index (χ3v) is 3.56. The number of nitrogens with two attached hydrogens (primary N) is 1. The van der Waals surface area contributed by atoms with Gasteiger partial charge in [-0.05, 0) is 31.0 Å². The van der Waals surface area contributed by atoms with Crippen LogP contribution < -0.4 is 16.0 Å². The van der Waals surface area contributed by atoms with Gasteiger partial charge >= 0.3 is 0 Å². The molecule has 1 rings (SSSR count). The molecule has 3 N–H and O–H groups in total. The van der Waals surface area contributed by atoms with E-state index in [-0.39, 0.29) is 16.9 Å². The minimum Gasteiger partial charge on any atom is -0.402 e. The summed E-state index contributed by atoms with van der Waals surface area (Å²) in [4.78, 5) is 17.0. The summed E-state index contributed by atoms with van der Waals surface area (Å²) in [7, 11) is 1.59. The van der Waals surface area contributed by atoms with Crippen LogP contribution in [0, 0.1) is 6.92 Å². The highest BCUT2D eigenvalue weighted by Gasteiger charge is 2.21. The van der Waals surface area contributed by atoms with Crippen LogP contribution in [0.4, 0.5) is 15.8 Å². The molecule has 0 fully saturated rings. The molecule has 8 heteroatoms. The van der Waals surface area contributed by atoms with Gasteiger partial charge in [-0.1, -0.05) is 24.2 Å². The Morgan fingerprint density at radius 3 is 2.77 bits per heavy atom. The summed E-state index contributed by atoms with van der Waals surface area (Å²) in [6.07, 6.45) is 1.42. The lowest BCUT2D eigenvalue weighted by atomic mass is 10.1. The zero-order valence-corrected chi connectivity index (χ0v) is 15.9. The van der Waals surface area contributed by atoms with Crippen LogP contribution >= 0.6 is 11.6 Å². The first kappa shape index (κ1) is 21.7. The first-order valence-corrected chi connectivity index (χ1v) is 8.34. The Balaban J connectivity index is 3.46. The van der Waals surface area contributed by atoms with E-state index in [1.54, 1.807) is 30.2 Å². The molecule has 0 bridgehead atoms. The van der Waals surface area contributed by atoms with Gasteiger partial charge in [-0.15, -0.1) is 0 Å². The predicted octanol–water partition coefficient (Wildman–Crippen LogP) is 3.67. The van der Waals surface area contributed by atoms with E-state index in [1.807, 2.05) is 6.92 Å². The monoisotopic (exact) mass is 382 g/mol. The number of halogens is 2. The fraction of sp³-hybridized carbons (Fsp3) is 0.333. The molecule has 26 heavy (non-hydrogen) atoms. The van der Waals surface area contributed by atoms with Gasteiger partial charge in [0.25, 0.3) is 0 Å². The number of nitrogens with zero attached hydrogens (tertiary/aromatic N) is 2. The molecule has 6 nitrogen and oxygen atoms in total. The van der Waals surface area contributed by atoms with Gasteiger partial charge in [0.1, 0.15) is 5.16 Å². The Hall–Kier alpha value is -2.38. The third-order valence-electron chi connectivity index (χ3n) is 3.48. The van der Waals surface area contributed by atoms with Crippen molar-refractivity contribution in [1.29, 1.82) is 0 Å². The van der Waals surface area contributed by atoms with E-state index in [4.69, 9.17) is 22.1 Å². The Morgan fingerprint density at radius 2 is 2.23 bits per heavy atom. The van der Waals surface area contributed by atoms with Crippen molar-refractivity contribution in [3.63, 3.8) is 0 Å². The van der Waals surface area contributed by atoms with Gasteiger partial charge in [-0.3, -0.25) is 4.79 Å². The summed E-state index contributed by atoms with van der Waals surface area (Å²) in [5.41, 5.74) is 7.37. The fourth-order valence-electron chi connectivity index (χ4n) is 2.38. The molecule has 0 spiro atoms. The predicted molar refractivity (Wildman–Crippen MR) is 105 cm³/mol. The second-order valence-electron chi connectivity index (χ2n) is 5.46. The topological polar surface area (TPSA) is 79.9 Å². The summed E-state index contributed by atoms with van der Waals surface area (Å²) in [5, 5.41) is 2.67. The first-order valence-electron chi connectivity index (χ1n) is 7.96. The van der Waals surface area contributed by atoms with Crippen LogP contribution in [0.25, 0.3) is 0 Å². The molecule has 0 aliphatic heterocycles. The normalized spacial score (nSPS) is 12.0. The van der Waals surface area contributed by atoms with Crippen molar-refractivity contribution in [2.45, 2.75) is 20.3 Å². The zero-order valence-electron chi connectivity index (χ0n) is 15.2. The van der Waals surface area contributed by atoms with Gasteiger partial charge in [0, 0.05) is 44.8 Å². The van der Waals surface area contributed by atoms with Crippen molar-refractivity contribution in [1.82, 2.24) is 0 Å². The molecule has 0 aliphatic carbocycles. The maximum atomic E-state index is 14.4. The van der Waals surface area contributed by atoms with E-state index in [2.05, 4.69) is 16.9 Å². The van der Waals surface area contributed by atoms with E-state index in [0.29, 0.717) is 30.9 Å². The number of carbonyl (C=O) groups excluding carboxylic acids is 1. The standard InChI is InChI=1S/C18H24ClFN4O2/c1-12-16(23-14(3)25)7-5-8-17(12)24(9-6-10-26-4)18(15(20)11-21)22-13(2)19/h5,7-8,11H,2,6,9-10,21H2,1,3-4H3,(H,23,25)/b15-11+,22-18+. The highest BCUT2D eigenvalue weighted by atomic mass is 35.5. The lowest BCUT2D eigenvalue weighted by molar-refractivity contribution is -0.114. The van der Waals surface area contributed by atoms with Crippen LogP contribution in [-0.4, -0.2) is 32.0 Å². The SMILES string of the molecule is C=C(Cl)/N=C(\C(F)=C/N)N(CCCOC)c1cccc(NC(C)=O)c1C. The number of nitrogens with one attached hydrogen (secondary N) is 1. The van der Waals surface area contributed by atoms with Gasteiger partial charge in [-0.2, -0.15) is 0 Å². The average molecular weight is 383 g/mol. The molecular weight excluding hydrogens is 359 g/mol. The smallest absolute Gasteiger partial charge is 0.221 e. The van der Waals surface area contributed by atoms with E-state index >= 15 is 0 Å². The van der Waals surface area contributed by atoms with Crippen molar-refractivity contribution in [2.75, 3.05) is 30.5 Å². The quantitative estimate of drug-likeness (QED) is 0.311. The molecule has 142 valence electrons. The number of hydrogen-bond donors (Lipinski definition) is 2. The second kappa shape index (κ2) is 10.6. The van der Waals surface area contributed by atoms with Crippen LogP contribution in [0.3, 0.4) is 0 Å². The molecule has 0 aliphatic rings. The molecule has 0 unspecified atom stereocenters. The third kappa shape index (κ3) is 6.16. The van der Waals surface area contributed by atoms with Gasteiger partial charge in [0.05, 0.1) is 0 Å². The molecule has 0 saturated heterocycles. The van der Waals surface area contributed by atoms with Crippen molar-refractivity contribution in [3.05, 3.63) is 47.5 Å². The zero-order chi connectivity index (χ0) is 19.7. The molecular formula is C18H24ClFN4O2. The number of ether oxygens (including phenoxy) is 1. The molecule has 0 atom stereocenters. The van der Waals surface area contributed by atoms with Crippen molar-refractivity contribution in [3.8, 4) is 0 Å². The number of benzene rings is 1. The minimum absolute atomic E-state index is 0.0633. The van der Waals surface area contributed by atoms with Crippen molar-refractivity contribution >= 4 is 34.7 Å². The second-order valence-corrected chi connectivity index (χ2v) is 5.89. The Labute approximate surface area is 158 Å². The molecule has 1 aromatic rings. The fourth-order valence-corrected chi connectivity index (χ4v) is 2.46. The number of carbonyl (C=O) groups is 1. The molecule has 0 saturated carbocycles. The van der Waals surface area contributed by atoms with Crippen LogP contribution in [0.2, 0.25) is 0 Å². The number of rotatable bonds is 8. The molecule has 1 amide bonds. The van der Waals surface area contributed by atoms with E-state index in [9.17, 15) is 9.18 Å². The minimum atomic E-state index is -0.742. The lowest BCUT2D eigenvalue weighted by Gasteiger charge is -2.28. The highest BCUT2D eigenvalue weighted by Crippen LogP contribution is 2.29. The van der Waals surface area contributed by atoms with Gasteiger partial charge in [0.15, 0.2) is 11.7 Å². The molecule has 0 aromatic heterocycles. The number of hydrogen-bond acceptors (Lipinski definition) is 4. The lowest BCUT2D eigenvalue weighted by Crippen LogP contribution is -2.34. The summed E-state index contributed by atoms with van der Waals surface area (Å²) in [6.45, 7) is 7.61. The first-order chi connectivity index (χ1) is 12.3. The Morgan fingerprint density at radius 1 is 1.54 bits per heavy atom. The van der Waals surface area contributed by atoms with Gasteiger partial charge in [0.2, 0.25) is 5.91 Å². The van der Waals surface area contributed by atoms with Crippen LogP contribution in [-0.2, 0) is 9.53 Å². The largest absolute Gasteiger partial charge is 0.402 e. The van der Waals surface area contributed by atoms with Crippen LogP contribution in [0.15, 0.2) is 47.0 Å². The maximum absolute atomic E-state index is 14.4. The Bertz CT molecular complexity index is 719. The number of amides is 1. The van der Waals surface area contributed by atoms with E-state index in [1.165, 1.54) is 6.92 Å². The number of amidine groups is 1. The molecule has 0 radical (unpaired) electrons. The van der Waals surface area contributed by atoms with E-state index < -0.39 is 5.83 Å². The highest BCUT2D eigenvalue weighted by molar-refractivity contribution is 6.30.